The van der Waals surface area contributed by atoms with Crippen molar-refractivity contribution in [3.8, 4) is 0 Å². The van der Waals surface area contributed by atoms with Crippen LogP contribution in [0.4, 0.5) is 4.79 Å². The minimum absolute atomic E-state index is 0.213. The SMILES string of the molecule is C[C@H]1CN(C(=O)OC(C)(C)C)CCN1Cc1ccc(C(=O)O)cc1. The summed E-state index contributed by atoms with van der Waals surface area (Å²) >= 11 is 0. The lowest BCUT2D eigenvalue weighted by molar-refractivity contribution is 0.00460. The van der Waals surface area contributed by atoms with Gasteiger partial charge in [0.05, 0.1) is 5.56 Å². The maximum Gasteiger partial charge on any atom is 0.410 e. The van der Waals surface area contributed by atoms with E-state index in [2.05, 4.69) is 11.8 Å². The van der Waals surface area contributed by atoms with Crippen LogP contribution in [0.1, 0.15) is 43.6 Å². The average Bonchev–Trinajstić information content (AvgIpc) is 2.48. The third-order valence-electron chi connectivity index (χ3n) is 4.00. The summed E-state index contributed by atoms with van der Waals surface area (Å²) in [6, 6.07) is 7.15. The van der Waals surface area contributed by atoms with E-state index in [1.54, 1.807) is 17.0 Å². The summed E-state index contributed by atoms with van der Waals surface area (Å²) in [5.41, 5.74) is 0.877. The first-order chi connectivity index (χ1) is 11.2. The Balaban J connectivity index is 1.91. The van der Waals surface area contributed by atoms with Gasteiger partial charge in [-0.3, -0.25) is 4.90 Å². The molecular formula is C18H26N2O4. The zero-order chi connectivity index (χ0) is 17.9. The number of nitrogens with zero attached hydrogens (tertiary/aromatic N) is 2. The van der Waals surface area contributed by atoms with E-state index in [4.69, 9.17) is 9.84 Å². The van der Waals surface area contributed by atoms with Crippen molar-refractivity contribution in [2.75, 3.05) is 19.6 Å². The molecule has 0 unspecified atom stereocenters. The fraction of sp³-hybridized carbons (Fsp3) is 0.556. The van der Waals surface area contributed by atoms with Crippen molar-refractivity contribution in [3.63, 3.8) is 0 Å². The Morgan fingerprint density at radius 1 is 1.21 bits per heavy atom. The van der Waals surface area contributed by atoms with E-state index in [1.807, 2.05) is 32.9 Å². The number of rotatable bonds is 3. The Bertz CT molecular complexity index is 592. The number of carboxylic acid groups (broad SMARTS) is 1. The molecule has 1 aliphatic heterocycles. The zero-order valence-corrected chi connectivity index (χ0v) is 14.8. The first-order valence-corrected chi connectivity index (χ1v) is 8.20. The van der Waals surface area contributed by atoms with Gasteiger partial charge in [0.25, 0.3) is 0 Å². The maximum atomic E-state index is 12.2. The Hall–Kier alpha value is -2.08. The third-order valence-corrected chi connectivity index (χ3v) is 4.00. The summed E-state index contributed by atoms with van der Waals surface area (Å²) < 4.78 is 5.43. The normalized spacial score (nSPS) is 19.2. The highest BCUT2D eigenvalue weighted by molar-refractivity contribution is 5.87. The average molecular weight is 334 g/mol. The van der Waals surface area contributed by atoms with Gasteiger partial charge in [-0.25, -0.2) is 9.59 Å². The number of benzene rings is 1. The highest BCUT2D eigenvalue weighted by atomic mass is 16.6. The highest BCUT2D eigenvalue weighted by Crippen LogP contribution is 2.17. The highest BCUT2D eigenvalue weighted by Gasteiger charge is 2.29. The van der Waals surface area contributed by atoms with Crippen LogP contribution in [0.25, 0.3) is 0 Å². The molecule has 24 heavy (non-hydrogen) atoms. The Labute approximate surface area is 143 Å². The van der Waals surface area contributed by atoms with Crippen LogP contribution in [-0.4, -0.2) is 58.2 Å². The second-order valence-corrected chi connectivity index (χ2v) is 7.25. The molecule has 0 bridgehead atoms. The molecule has 1 saturated heterocycles. The van der Waals surface area contributed by atoms with Crippen LogP contribution in [0.5, 0.6) is 0 Å². The largest absolute Gasteiger partial charge is 0.478 e. The van der Waals surface area contributed by atoms with Crippen LogP contribution in [0.2, 0.25) is 0 Å². The molecule has 1 N–H and O–H groups in total. The predicted octanol–water partition coefficient (Wildman–Crippen LogP) is 2.83. The molecule has 0 aliphatic carbocycles. The van der Waals surface area contributed by atoms with Gasteiger partial charge >= 0.3 is 12.1 Å². The number of carboxylic acids is 1. The minimum Gasteiger partial charge on any atom is -0.478 e. The van der Waals surface area contributed by atoms with Crippen molar-refractivity contribution in [2.24, 2.45) is 0 Å². The number of ether oxygens (including phenoxy) is 1. The van der Waals surface area contributed by atoms with Crippen molar-refractivity contribution in [1.82, 2.24) is 9.80 Å². The second kappa shape index (κ2) is 7.21. The number of carbonyl (C=O) groups is 2. The minimum atomic E-state index is -0.916. The van der Waals surface area contributed by atoms with Crippen LogP contribution in [0, 0.1) is 0 Å². The summed E-state index contributed by atoms with van der Waals surface area (Å²) in [6.07, 6.45) is -0.264. The topological polar surface area (TPSA) is 70.1 Å². The quantitative estimate of drug-likeness (QED) is 0.920. The zero-order valence-electron chi connectivity index (χ0n) is 14.8. The number of aromatic carboxylic acids is 1. The molecule has 1 aromatic carbocycles. The van der Waals surface area contributed by atoms with Gasteiger partial charge in [-0.1, -0.05) is 12.1 Å². The van der Waals surface area contributed by atoms with Crippen molar-refractivity contribution < 1.29 is 19.4 Å². The maximum absolute atomic E-state index is 12.2. The first kappa shape index (κ1) is 18.3. The lowest BCUT2D eigenvalue weighted by Gasteiger charge is -2.40. The molecule has 1 atom stereocenters. The molecule has 0 radical (unpaired) electrons. The van der Waals surface area contributed by atoms with E-state index >= 15 is 0 Å². The number of hydrogen-bond donors (Lipinski definition) is 1. The van der Waals surface area contributed by atoms with Crippen LogP contribution >= 0.6 is 0 Å². The van der Waals surface area contributed by atoms with E-state index in [9.17, 15) is 9.59 Å². The molecule has 0 saturated carbocycles. The summed E-state index contributed by atoms with van der Waals surface area (Å²) in [4.78, 5) is 27.1. The molecule has 1 heterocycles. The van der Waals surface area contributed by atoms with E-state index in [0.717, 1.165) is 18.7 Å². The van der Waals surface area contributed by atoms with Crippen molar-refractivity contribution in [1.29, 1.82) is 0 Å². The smallest absolute Gasteiger partial charge is 0.410 e. The van der Waals surface area contributed by atoms with Crippen LogP contribution < -0.4 is 0 Å². The van der Waals surface area contributed by atoms with Crippen molar-refractivity contribution >= 4 is 12.1 Å². The first-order valence-electron chi connectivity index (χ1n) is 8.20. The van der Waals surface area contributed by atoms with Crippen LogP contribution in [0.3, 0.4) is 0 Å². The fourth-order valence-electron chi connectivity index (χ4n) is 2.71. The molecule has 6 heteroatoms. The van der Waals surface area contributed by atoms with E-state index in [1.165, 1.54) is 0 Å². The number of carbonyl (C=O) groups excluding carboxylic acids is 1. The molecule has 132 valence electrons. The standard InChI is InChI=1S/C18H26N2O4/c1-13-11-20(17(23)24-18(2,3)4)10-9-19(13)12-14-5-7-15(8-6-14)16(21)22/h5-8,13H,9-12H2,1-4H3,(H,21,22)/t13-/m0/s1. The molecule has 0 spiro atoms. The van der Waals surface area contributed by atoms with Gasteiger partial charge in [0, 0.05) is 32.2 Å². The summed E-state index contributed by atoms with van der Waals surface area (Å²) in [5.74, 6) is -0.916. The lowest BCUT2D eigenvalue weighted by atomic mass is 10.1. The molecule has 6 nitrogen and oxygen atoms in total. The number of hydrogen-bond acceptors (Lipinski definition) is 4. The fourth-order valence-corrected chi connectivity index (χ4v) is 2.71. The van der Waals surface area contributed by atoms with Gasteiger partial charge in [-0.15, -0.1) is 0 Å². The molecule has 1 amide bonds. The summed E-state index contributed by atoms with van der Waals surface area (Å²) in [7, 11) is 0. The van der Waals surface area contributed by atoms with E-state index < -0.39 is 11.6 Å². The predicted molar refractivity (Wildman–Crippen MR) is 91.1 cm³/mol. The molecule has 2 rings (SSSR count). The summed E-state index contributed by atoms with van der Waals surface area (Å²) in [6.45, 7) is 10.4. The van der Waals surface area contributed by atoms with Gasteiger partial charge < -0.3 is 14.7 Å². The Morgan fingerprint density at radius 3 is 2.33 bits per heavy atom. The van der Waals surface area contributed by atoms with Crippen LogP contribution in [0.15, 0.2) is 24.3 Å². The number of piperazine rings is 1. The molecular weight excluding hydrogens is 308 g/mol. The van der Waals surface area contributed by atoms with Gasteiger partial charge in [0.1, 0.15) is 5.60 Å². The van der Waals surface area contributed by atoms with E-state index in [0.29, 0.717) is 18.7 Å². The molecule has 1 aliphatic rings. The van der Waals surface area contributed by atoms with Crippen molar-refractivity contribution in [3.05, 3.63) is 35.4 Å². The second-order valence-electron chi connectivity index (χ2n) is 7.25. The molecule has 1 aromatic rings. The monoisotopic (exact) mass is 334 g/mol. The molecule has 0 aromatic heterocycles. The lowest BCUT2D eigenvalue weighted by Crippen LogP contribution is -2.54. The van der Waals surface area contributed by atoms with Gasteiger partial charge in [0.2, 0.25) is 0 Å². The third kappa shape index (κ3) is 4.96. The van der Waals surface area contributed by atoms with Crippen molar-refractivity contribution in [2.45, 2.75) is 45.9 Å². The van der Waals surface area contributed by atoms with Gasteiger partial charge in [-0.05, 0) is 45.4 Å². The van der Waals surface area contributed by atoms with Gasteiger partial charge in [-0.2, -0.15) is 0 Å². The van der Waals surface area contributed by atoms with E-state index in [-0.39, 0.29) is 12.1 Å². The Kier molecular flexibility index (Phi) is 5.49. The number of amides is 1. The molecule has 1 fully saturated rings. The summed E-state index contributed by atoms with van der Waals surface area (Å²) in [5, 5.41) is 8.94. The van der Waals surface area contributed by atoms with Gasteiger partial charge in [0.15, 0.2) is 0 Å². The Morgan fingerprint density at radius 2 is 1.83 bits per heavy atom. The van der Waals surface area contributed by atoms with Crippen LogP contribution in [-0.2, 0) is 11.3 Å².